The molecule has 0 amide bonds. The average Bonchev–Trinajstić information content (AvgIpc) is 3.14. The third kappa shape index (κ3) is 5.45. The second-order valence-electron chi connectivity index (χ2n) is 8.69. The first-order valence-corrected chi connectivity index (χ1v) is 12.3. The molecule has 10 heteroatoms. The van der Waals surface area contributed by atoms with Crippen molar-refractivity contribution >= 4 is 39.2 Å². The van der Waals surface area contributed by atoms with Gasteiger partial charge in [0.05, 0.1) is 31.2 Å². The van der Waals surface area contributed by atoms with Gasteiger partial charge >= 0.3 is 5.97 Å². The van der Waals surface area contributed by atoms with E-state index in [-0.39, 0.29) is 12.1 Å². The van der Waals surface area contributed by atoms with Crippen molar-refractivity contribution in [1.82, 2.24) is 19.9 Å². The highest BCUT2D eigenvalue weighted by molar-refractivity contribution is 7.20. The van der Waals surface area contributed by atoms with Gasteiger partial charge in [-0.3, -0.25) is 0 Å². The molecule has 1 unspecified atom stereocenters. The molecule has 34 heavy (non-hydrogen) atoms. The van der Waals surface area contributed by atoms with Gasteiger partial charge in [-0.05, 0) is 52.1 Å². The Morgan fingerprint density at radius 3 is 2.85 bits per heavy atom. The minimum absolute atomic E-state index is 0.210. The summed E-state index contributed by atoms with van der Waals surface area (Å²) < 4.78 is 10.9. The fraction of sp³-hybridized carbons (Fsp3) is 0.500. The fourth-order valence-corrected chi connectivity index (χ4v) is 5.07. The van der Waals surface area contributed by atoms with Gasteiger partial charge in [-0.15, -0.1) is 11.3 Å². The Balaban J connectivity index is 1.58. The lowest BCUT2D eigenvalue weighted by molar-refractivity contribution is 0.0526. The van der Waals surface area contributed by atoms with Crippen LogP contribution in [0, 0.1) is 6.92 Å². The molecule has 0 aliphatic carbocycles. The van der Waals surface area contributed by atoms with Crippen LogP contribution in [-0.4, -0.2) is 72.3 Å². The highest BCUT2D eigenvalue weighted by atomic mass is 32.1. The van der Waals surface area contributed by atoms with E-state index in [0.29, 0.717) is 30.4 Å². The van der Waals surface area contributed by atoms with E-state index >= 15 is 0 Å². The molecule has 1 aliphatic heterocycles. The Kier molecular flexibility index (Phi) is 7.60. The lowest BCUT2D eigenvalue weighted by Crippen LogP contribution is -2.41. The molecule has 0 radical (unpaired) electrons. The lowest BCUT2D eigenvalue weighted by Gasteiger charge is -2.32. The summed E-state index contributed by atoms with van der Waals surface area (Å²) in [6.45, 7) is 9.72. The van der Waals surface area contributed by atoms with Gasteiger partial charge in [0.25, 0.3) is 0 Å². The normalized spacial score (nSPS) is 16.3. The standard InChI is InChI=1S/C24H32N6O3S/c1-6-32-24(31)21-16(3)20-22(27-18(14-29(4)5)28-23(20)34-21)26-12-17-7-8-19(25-11-17)30-9-10-33-15(2)13-30/h7-8,11,15H,6,9-10,12-14H2,1-5H3,(H,26,27,28). The number of aryl methyl sites for hydroxylation is 1. The molecule has 0 bridgehead atoms. The van der Waals surface area contributed by atoms with Gasteiger partial charge in [0.1, 0.15) is 27.2 Å². The fourth-order valence-electron chi connectivity index (χ4n) is 3.98. The zero-order valence-electron chi connectivity index (χ0n) is 20.4. The third-order valence-electron chi connectivity index (χ3n) is 5.59. The summed E-state index contributed by atoms with van der Waals surface area (Å²) >= 11 is 1.35. The second-order valence-corrected chi connectivity index (χ2v) is 9.69. The van der Waals surface area contributed by atoms with E-state index in [1.165, 1.54) is 11.3 Å². The summed E-state index contributed by atoms with van der Waals surface area (Å²) in [5.74, 6) is 2.06. The molecule has 1 aliphatic rings. The van der Waals surface area contributed by atoms with Crippen LogP contribution in [0.15, 0.2) is 18.3 Å². The number of hydrogen-bond acceptors (Lipinski definition) is 10. The van der Waals surface area contributed by atoms with Crippen LogP contribution in [0.3, 0.4) is 0 Å². The van der Waals surface area contributed by atoms with Crippen LogP contribution in [0.5, 0.6) is 0 Å². The second kappa shape index (κ2) is 10.6. The summed E-state index contributed by atoms with van der Waals surface area (Å²) in [6, 6.07) is 4.13. The van der Waals surface area contributed by atoms with Crippen molar-refractivity contribution in [3.8, 4) is 0 Å². The van der Waals surface area contributed by atoms with Gasteiger partial charge in [0.15, 0.2) is 0 Å². The molecule has 1 atom stereocenters. The van der Waals surface area contributed by atoms with Crippen LogP contribution >= 0.6 is 11.3 Å². The number of carbonyl (C=O) groups excluding carboxylic acids is 1. The van der Waals surface area contributed by atoms with E-state index in [9.17, 15) is 4.79 Å². The van der Waals surface area contributed by atoms with Crippen LogP contribution in [0.4, 0.5) is 11.6 Å². The minimum atomic E-state index is -0.319. The predicted octanol–water partition coefficient (Wildman–Crippen LogP) is 3.47. The van der Waals surface area contributed by atoms with Gasteiger partial charge in [0.2, 0.25) is 0 Å². The van der Waals surface area contributed by atoms with Gasteiger partial charge < -0.3 is 24.6 Å². The molecule has 0 spiro atoms. The van der Waals surface area contributed by atoms with Crippen LogP contribution < -0.4 is 10.2 Å². The Bertz CT molecular complexity index is 1150. The number of hydrogen-bond donors (Lipinski definition) is 1. The van der Waals surface area contributed by atoms with E-state index in [1.807, 2.05) is 39.0 Å². The summed E-state index contributed by atoms with van der Waals surface area (Å²) in [5.41, 5.74) is 1.89. The lowest BCUT2D eigenvalue weighted by atomic mass is 10.2. The molecule has 9 nitrogen and oxygen atoms in total. The zero-order chi connectivity index (χ0) is 24.2. The minimum Gasteiger partial charge on any atom is -0.462 e. The van der Waals surface area contributed by atoms with Crippen LogP contribution in [0.2, 0.25) is 0 Å². The molecule has 1 N–H and O–H groups in total. The number of anilines is 2. The van der Waals surface area contributed by atoms with Crippen molar-refractivity contribution in [3.63, 3.8) is 0 Å². The SMILES string of the molecule is CCOC(=O)c1sc2nc(CN(C)C)nc(NCc3ccc(N4CCOC(C)C4)nc3)c2c1C. The van der Waals surface area contributed by atoms with Gasteiger partial charge in [-0.25, -0.2) is 19.7 Å². The maximum atomic E-state index is 12.5. The van der Waals surface area contributed by atoms with Gasteiger partial charge in [0, 0.05) is 25.8 Å². The number of fused-ring (bicyclic) bond motifs is 1. The maximum absolute atomic E-state index is 12.5. The predicted molar refractivity (Wildman–Crippen MR) is 135 cm³/mol. The van der Waals surface area contributed by atoms with E-state index in [4.69, 9.17) is 19.4 Å². The molecule has 0 saturated carbocycles. The molecule has 4 heterocycles. The van der Waals surface area contributed by atoms with Gasteiger partial charge in [-0.1, -0.05) is 6.07 Å². The summed E-state index contributed by atoms with van der Waals surface area (Å²) in [4.78, 5) is 32.2. The van der Waals surface area contributed by atoms with E-state index < -0.39 is 0 Å². The summed E-state index contributed by atoms with van der Waals surface area (Å²) in [6.07, 6.45) is 2.10. The largest absolute Gasteiger partial charge is 0.462 e. The van der Waals surface area contributed by atoms with Gasteiger partial charge in [-0.2, -0.15) is 0 Å². The number of thiophene rings is 1. The average molecular weight is 485 g/mol. The monoisotopic (exact) mass is 484 g/mol. The van der Waals surface area contributed by atoms with Crippen LogP contribution in [0.25, 0.3) is 10.2 Å². The molecular formula is C24H32N6O3S. The number of nitrogens with one attached hydrogen (secondary N) is 1. The van der Waals surface area contributed by atoms with Crippen molar-refractivity contribution in [2.24, 2.45) is 0 Å². The summed E-state index contributed by atoms with van der Waals surface area (Å²) in [7, 11) is 3.96. The number of rotatable bonds is 8. The molecule has 3 aromatic heterocycles. The first-order valence-electron chi connectivity index (χ1n) is 11.5. The number of ether oxygens (including phenoxy) is 2. The van der Waals surface area contributed by atoms with Crippen molar-refractivity contribution in [2.45, 2.75) is 40.0 Å². The molecule has 3 aromatic rings. The van der Waals surface area contributed by atoms with E-state index in [0.717, 1.165) is 52.7 Å². The Morgan fingerprint density at radius 1 is 1.35 bits per heavy atom. The molecular weight excluding hydrogens is 452 g/mol. The number of carbonyl (C=O) groups is 1. The number of esters is 1. The Hall–Kier alpha value is -2.82. The number of morpholine rings is 1. The Labute approximate surface area is 204 Å². The quantitative estimate of drug-likeness (QED) is 0.482. The molecule has 0 aromatic carbocycles. The van der Waals surface area contributed by atoms with Crippen molar-refractivity contribution in [3.05, 3.63) is 40.2 Å². The van der Waals surface area contributed by atoms with Crippen molar-refractivity contribution in [2.75, 3.05) is 50.6 Å². The summed E-state index contributed by atoms with van der Waals surface area (Å²) in [5, 5.41) is 4.32. The van der Waals surface area contributed by atoms with Crippen molar-refractivity contribution in [1.29, 1.82) is 0 Å². The number of pyridine rings is 1. The van der Waals surface area contributed by atoms with E-state index in [1.54, 1.807) is 0 Å². The maximum Gasteiger partial charge on any atom is 0.348 e. The Morgan fingerprint density at radius 2 is 2.18 bits per heavy atom. The van der Waals surface area contributed by atoms with Crippen LogP contribution in [0.1, 0.15) is 40.5 Å². The highest BCUT2D eigenvalue weighted by Crippen LogP contribution is 2.34. The first-order chi connectivity index (χ1) is 16.4. The highest BCUT2D eigenvalue weighted by Gasteiger charge is 2.22. The number of aromatic nitrogens is 3. The van der Waals surface area contributed by atoms with Crippen LogP contribution in [-0.2, 0) is 22.6 Å². The molecule has 1 saturated heterocycles. The zero-order valence-corrected chi connectivity index (χ0v) is 21.2. The topological polar surface area (TPSA) is 92.7 Å². The molecule has 4 rings (SSSR count). The van der Waals surface area contributed by atoms with Crippen molar-refractivity contribution < 1.29 is 14.3 Å². The first kappa shape index (κ1) is 24.3. The molecule has 182 valence electrons. The molecule has 1 fully saturated rings. The number of nitrogens with zero attached hydrogens (tertiary/aromatic N) is 5. The van der Waals surface area contributed by atoms with E-state index in [2.05, 4.69) is 34.3 Å². The smallest absolute Gasteiger partial charge is 0.348 e. The third-order valence-corrected chi connectivity index (χ3v) is 6.75.